The van der Waals surface area contributed by atoms with Crippen LogP contribution in [0.3, 0.4) is 0 Å². The van der Waals surface area contributed by atoms with E-state index in [4.69, 9.17) is 14.9 Å². The van der Waals surface area contributed by atoms with Crippen molar-refractivity contribution in [2.75, 3.05) is 13.7 Å². The lowest BCUT2D eigenvalue weighted by atomic mass is 10.1. The molecule has 0 rings (SSSR count). The highest BCUT2D eigenvalue weighted by atomic mass is 16.5. The van der Waals surface area contributed by atoms with E-state index in [1.165, 1.54) is 64.2 Å². The molecule has 0 aromatic heterocycles. The summed E-state index contributed by atoms with van der Waals surface area (Å²) in [7, 11) is 1.00. The first kappa shape index (κ1) is 30.1. The van der Waals surface area contributed by atoms with Crippen LogP contribution in [0, 0.1) is 0 Å². The minimum Gasteiger partial charge on any atom is -0.466 e. The third-order valence-corrected chi connectivity index (χ3v) is 3.75. The lowest BCUT2D eigenvalue weighted by Crippen LogP contribution is -2.05. The number of aliphatic hydroxyl groups is 2. The van der Waals surface area contributed by atoms with E-state index in [-0.39, 0.29) is 12.1 Å². The molecule has 0 atom stereocenters. The van der Waals surface area contributed by atoms with Gasteiger partial charge in [-0.3, -0.25) is 4.79 Å². The predicted octanol–water partition coefficient (Wildman–Crippen LogP) is 6.03. The lowest BCUT2D eigenvalue weighted by molar-refractivity contribution is -0.143. The molecule has 0 fully saturated rings. The van der Waals surface area contributed by atoms with Crippen molar-refractivity contribution in [2.24, 2.45) is 0 Å². The minimum absolute atomic E-state index is 0.00521. The van der Waals surface area contributed by atoms with E-state index >= 15 is 0 Å². The molecule has 0 aliphatic carbocycles. The number of unbranched alkanes of at least 4 members (excludes halogenated alkanes) is 11. The molecule has 4 nitrogen and oxygen atoms in total. The van der Waals surface area contributed by atoms with E-state index in [9.17, 15) is 4.79 Å². The smallest absolute Gasteiger partial charge is 0.305 e. The Morgan fingerprint density at radius 3 is 1.46 bits per heavy atom. The highest BCUT2D eigenvalue weighted by Crippen LogP contribution is 2.12. The van der Waals surface area contributed by atoms with Gasteiger partial charge < -0.3 is 14.9 Å². The summed E-state index contributed by atoms with van der Waals surface area (Å²) in [6.45, 7) is 8.42. The van der Waals surface area contributed by atoms with Gasteiger partial charge in [0.1, 0.15) is 0 Å². The van der Waals surface area contributed by atoms with Gasteiger partial charge in [0.25, 0.3) is 0 Å². The van der Waals surface area contributed by atoms with Gasteiger partial charge in [-0.1, -0.05) is 84.5 Å². The predicted molar refractivity (Wildman–Crippen MR) is 112 cm³/mol. The highest BCUT2D eigenvalue weighted by Gasteiger charge is 2.01. The van der Waals surface area contributed by atoms with Crippen molar-refractivity contribution < 1.29 is 19.7 Å². The van der Waals surface area contributed by atoms with Crippen molar-refractivity contribution in [2.45, 2.75) is 124 Å². The molecule has 0 amide bonds. The van der Waals surface area contributed by atoms with Crippen LogP contribution in [0.4, 0.5) is 0 Å². The fourth-order valence-electron chi connectivity index (χ4n) is 2.34. The Kier molecular flexibility index (Phi) is 33.8. The Balaban J connectivity index is -0.000000769. The molecule has 0 aromatic carbocycles. The van der Waals surface area contributed by atoms with Gasteiger partial charge in [0, 0.05) is 19.6 Å². The fraction of sp³-hybridized carbons (Fsp3) is 0.955. The number of carbonyl (C=O) groups excluding carboxylic acids is 1. The second kappa shape index (κ2) is 29.2. The molecule has 0 saturated heterocycles. The Labute approximate surface area is 163 Å². The number of hydrogen-bond donors (Lipinski definition) is 2. The van der Waals surface area contributed by atoms with E-state index in [2.05, 4.69) is 13.8 Å². The van der Waals surface area contributed by atoms with Crippen molar-refractivity contribution in [1.82, 2.24) is 0 Å². The quantitative estimate of drug-likeness (QED) is 0.271. The molecule has 0 aromatic rings. The molecule has 26 heavy (non-hydrogen) atoms. The number of aliphatic hydroxyl groups excluding tert-OH is 2. The second-order valence-corrected chi connectivity index (χ2v) is 6.95. The highest BCUT2D eigenvalue weighted by molar-refractivity contribution is 5.69. The van der Waals surface area contributed by atoms with Crippen molar-refractivity contribution in [3.05, 3.63) is 0 Å². The van der Waals surface area contributed by atoms with Crippen molar-refractivity contribution in [3.63, 3.8) is 0 Å². The third kappa shape index (κ3) is 38.8. The van der Waals surface area contributed by atoms with Crippen LogP contribution >= 0.6 is 0 Å². The number of ether oxygens (including phenoxy) is 1. The van der Waals surface area contributed by atoms with E-state index in [0.717, 1.165) is 26.4 Å². The van der Waals surface area contributed by atoms with Crippen LogP contribution in [0.25, 0.3) is 0 Å². The van der Waals surface area contributed by atoms with Gasteiger partial charge in [-0.15, -0.1) is 0 Å². The minimum atomic E-state index is -0.167. The molecule has 0 saturated carbocycles. The Bertz CT molecular complexity index is 240. The Morgan fingerprint density at radius 1 is 0.731 bits per heavy atom. The van der Waals surface area contributed by atoms with Crippen LogP contribution in [0.2, 0.25) is 0 Å². The monoisotopic (exact) mass is 376 g/mol. The number of carbonyl (C=O) groups is 1. The van der Waals surface area contributed by atoms with Crippen LogP contribution in [0.15, 0.2) is 0 Å². The lowest BCUT2D eigenvalue weighted by Gasteiger charge is -2.04. The first-order valence-electron chi connectivity index (χ1n) is 10.8. The van der Waals surface area contributed by atoms with Gasteiger partial charge in [-0.2, -0.15) is 0 Å². The second-order valence-electron chi connectivity index (χ2n) is 6.95. The molecule has 4 heteroatoms. The van der Waals surface area contributed by atoms with Gasteiger partial charge in [-0.25, -0.2) is 0 Å². The normalized spacial score (nSPS) is 9.85. The summed E-state index contributed by atoms with van der Waals surface area (Å²) in [5.74, 6) is -0.00521. The van der Waals surface area contributed by atoms with E-state index in [0.29, 0.717) is 13.0 Å². The molecule has 2 N–H and O–H groups in total. The first-order valence-corrected chi connectivity index (χ1v) is 10.8. The zero-order valence-electron chi connectivity index (χ0n) is 18.4. The number of hydrogen-bond acceptors (Lipinski definition) is 4. The largest absolute Gasteiger partial charge is 0.466 e. The van der Waals surface area contributed by atoms with Crippen molar-refractivity contribution in [1.29, 1.82) is 0 Å². The van der Waals surface area contributed by atoms with Crippen LogP contribution in [0.1, 0.15) is 118 Å². The maximum Gasteiger partial charge on any atom is 0.305 e. The summed E-state index contributed by atoms with van der Waals surface area (Å²) in [5.41, 5.74) is 0. The zero-order chi connectivity index (χ0) is 20.5. The van der Waals surface area contributed by atoms with Gasteiger partial charge in [0.2, 0.25) is 0 Å². The fourth-order valence-corrected chi connectivity index (χ4v) is 2.34. The molecular formula is C22H48O4. The van der Waals surface area contributed by atoms with E-state index < -0.39 is 0 Å². The van der Waals surface area contributed by atoms with Crippen LogP contribution in [-0.4, -0.2) is 36.0 Å². The Hall–Kier alpha value is -0.610. The summed E-state index contributed by atoms with van der Waals surface area (Å²) in [5, 5.41) is 15.1. The molecule has 0 aliphatic heterocycles. The standard InChI is InChI=1S/C18H36O2.C3H8O.CH4O/c1-3-5-7-8-9-10-11-12-13-14-15-16-18(19)20-17-6-4-2;1-3(2)4;1-2/h3-17H2,1-2H3;3-4H,1-2H3;2H,1H3. The summed E-state index contributed by atoms with van der Waals surface area (Å²) in [6, 6.07) is 0. The number of esters is 1. The summed E-state index contributed by atoms with van der Waals surface area (Å²) >= 11 is 0. The maximum atomic E-state index is 11.4. The summed E-state index contributed by atoms with van der Waals surface area (Å²) in [4.78, 5) is 11.4. The molecule has 0 radical (unpaired) electrons. The third-order valence-electron chi connectivity index (χ3n) is 3.75. The molecule has 160 valence electrons. The van der Waals surface area contributed by atoms with Gasteiger partial charge >= 0.3 is 5.97 Å². The molecule has 0 bridgehead atoms. The van der Waals surface area contributed by atoms with Crippen molar-refractivity contribution >= 4 is 5.97 Å². The van der Waals surface area contributed by atoms with Crippen LogP contribution in [-0.2, 0) is 9.53 Å². The van der Waals surface area contributed by atoms with Crippen LogP contribution in [0.5, 0.6) is 0 Å². The molecule has 0 spiro atoms. The SMILES string of the molecule is CC(C)O.CCCCCCCCCCCCCC(=O)OCCCC.CO. The Morgan fingerprint density at radius 2 is 1.08 bits per heavy atom. The maximum absolute atomic E-state index is 11.4. The first-order chi connectivity index (χ1) is 12.5. The average molecular weight is 377 g/mol. The molecule has 0 unspecified atom stereocenters. The molecule has 0 aliphatic rings. The summed E-state index contributed by atoms with van der Waals surface area (Å²) < 4.78 is 5.14. The zero-order valence-corrected chi connectivity index (χ0v) is 18.4. The molecular weight excluding hydrogens is 328 g/mol. The summed E-state index contributed by atoms with van der Waals surface area (Å²) in [6.07, 6.45) is 17.0. The average Bonchev–Trinajstić information content (AvgIpc) is 2.61. The van der Waals surface area contributed by atoms with E-state index in [1.54, 1.807) is 13.8 Å². The van der Waals surface area contributed by atoms with Gasteiger partial charge in [0.05, 0.1) is 6.61 Å². The van der Waals surface area contributed by atoms with Crippen molar-refractivity contribution in [3.8, 4) is 0 Å². The molecule has 0 heterocycles. The van der Waals surface area contributed by atoms with Gasteiger partial charge in [-0.05, 0) is 26.7 Å². The van der Waals surface area contributed by atoms with Gasteiger partial charge in [0.15, 0.2) is 0 Å². The van der Waals surface area contributed by atoms with Crippen LogP contribution < -0.4 is 0 Å². The topological polar surface area (TPSA) is 66.8 Å². The number of rotatable bonds is 15. The van der Waals surface area contributed by atoms with E-state index in [1.807, 2.05) is 0 Å².